The van der Waals surface area contributed by atoms with Crippen LogP contribution >= 0.6 is 11.6 Å². The molecule has 1 atom stereocenters. The number of carboxylic acids is 1. The number of hydrogen-bond donors (Lipinski definition) is 3. The third-order valence-electron chi connectivity index (χ3n) is 3.21. The second-order valence-corrected chi connectivity index (χ2v) is 5.16. The molecule has 1 aromatic rings. The quantitative estimate of drug-likeness (QED) is 0.699. The van der Waals surface area contributed by atoms with Crippen molar-refractivity contribution >= 4 is 29.2 Å². The average Bonchev–Trinajstić information content (AvgIpc) is 2.42. The topological polar surface area (TPSA) is 102 Å². The summed E-state index contributed by atoms with van der Waals surface area (Å²) in [4.78, 5) is 23.6. The zero-order chi connectivity index (χ0) is 16.2. The van der Waals surface area contributed by atoms with E-state index < -0.39 is 17.4 Å². The van der Waals surface area contributed by atoms with Crippen LogP contribution in [0.4, 0.5) is 5.69 Å². The summed E-state index contributed by atoms with van der Waals surface area (Å²) in [6.45, 7) is 5.21. The van der Waals surface area contributed by atoms with E-state index in [1.807, 2.05) is 0 Å². The first kappa shape index (κ1) is 17.1. The van der Waals surface area contributed by atoms with Crippen LogP contribution in [0.25, 0.3) is 0 Å². The molecule has 116 valence electrons. The summed E-state index contributed by atoms with van der Waals surface area (Å²) < 4.78 is 5.36. The van der Waals surface area contributed by atoms with Gasteiger partial charge < -0.3 is 20.9 Å². The van der Waals surface area contributed by atoms with Crippen LogP contribution in [0.5, 0.6) is 5.75 Å². The van der Waals surface area contributed by atoms with Crippen molar-refractivity contribution < 1.29 is 19.4 Å². The Balaban J connectivity index is 3.17. The number of halogens is 1. The Labute approximate surface area is 128 Å². The minimum Gasteiger partial charge on any atom is -0.493 e. The number of nitrogens with one attached hydrogen (secondary N) is 1. The molecule has 21 heavy (non-hydrogen) atoms. The highest BCUT2D eigenvalue weighted by Crippen LogP contribution is 2.29. The molecular formula is C14H19ClN2O4. The second kappa shape index (κ2) is 6.67. The maximum atomic E-state index is 12.3. The number of hydrogen-bond acceptors (Lipinski definition) is 4. The highest BCUT2D eigenvalue weighted by atomic mass is 35.5. The van der Waals surface area contributed by atoms with Gasteiger partial charge in [-0.15, -0.1) is 0 Å². The molecule has 0 saturated heterocycles. The van der Waals surface area contributed by atoms with Crippen molar-refractivity contribution in [3.63, 3.8) is 0 Å². The fraction of sp³-hybridized carbons (Fsp3) is 0.429. The first-order chi connectivity index (χ1) is 9.75. The molecule has 0 bridgehead atoms. The van der Waals surface area contributed by atoms with Crippen LogP contribution in [0.3, 0.4) is 0 Å². The maximum absolute atomic E-state index is 12.3. The Hall–Kier alpha value is -1.95. The van der Waals surface area contributed by atoms with Crippen LogP contribution in [0, 0.1) is 0 Å². The van der Waals surface area contributed by atoms with Crippen molar-refractivity contribution in [2.24, 2.45) is 0 Å². The van der Waals surface area contributed by atoms with E-state index in [1.54, 1.807) is 13.8 Å². The van der Waals surface area contributed by atoms with Crippen LogP contribution in [0.2, 0.25) is 5.02 Å². The van der Waals surface area contributed by atoms with E-state index in [0.29, 0.717) is 6.61 Å². The van der Waals surface area contributed by atoms with E-state index in [9.17, 15) is 14.7 Å². The van der Waals surface area contributed by atoms with Crippen molar-refractivity contribution in [2.75, 3.05) is 12.3 Å². The molecule has 0 aliphatic heterocycles. The third-order valence-corrected chi connectivity index (χ3v) is 3.54. The van der Waals surface area contributed by atoms with Gasteiger partial charge in [-0.05, 0) is 26.3 Å². The number of rotatable bonds is 6. The van der Waals surface area contributed by atoms with Crippen molar-refractivity contribution in [1.29, 1.82) is 0 Å². The summed E-state index contributed by atoms with van der Waals surface area (Å²) in [6, 6.07) is 2.82. The molecule has 0 saturated carbocycles. The molecule has 0 spiro atoms. The van der Waals surface area contributed by atoms with Crippen molar-refractivity contribution in [1.82, 2.24) is 5.32 Å². The van der Waals surface area contributed by atoms with E-state index in [-0.39, 0.29) is 28.4 Å². The fourth-order valence-electron chi connectivity index (χ4n) is 1.63. The van der Waals surface area contributed by atoms with Gasteiger partial charge in [0.25, 0.3) is 5.91 Å². The van der Waals surface area contributed by atoms with Gasteiger partial charge in [0.2, 0.25) is 0 Å². The highest BCUT2D eigenvalue weighted by Gasteiger charge is 2.33. The standard InChI is InChI=1S/C14H19ClN2O4/c1-4-14(3,13(19)20)17-12(18)8-6-9(15)10(16)7-11(8)21-5-2/h6-7H,4-5,16H2,1-3H3,(H,17,18)(H,19,20). The number of benzene rings is 1. The van der Waals surface area contributed by atoms with Crippen molar-refractivity contribution in [2.45, 2.75) is 32.7 Å². The van der Waals surface area contributed by atoms with Gasteiger partial charge in [0.05, 0.1) is 22.9 Å². The lowest BCUT2D eigenvalue weighted by Gasteiger charge is -2.25. The highest BCUT2D eigenvalue weighted by molar-refractivity contribution is 6.33. The molecule has 0 aliphatic carbocycles. The van der Waals surface area contributed by atoms with Crippen molar-refractivity contribution in [3.05, 3.63) is 22.7 Å². The Kier molecular flexibility index (Phi) is 5.43. The number of nitrogens with two attached hydrogens (primary N) is 1. The minimum absolute atomic E-state index is 0.150. The lowest BCUT2D eigenvalue weighted by molar-refractivity contribution is -0.143. The molecule has 0 fully saturated rings. The summed E-state index contributed by atoms with van der Waals surface area (Å²) in [7, 11) is 0. The number of aliphatic carboxylic acids is 1. The SMILES string of the molecule is CCOc1cc(N)c(Cl)cc1C(=O)NC(C)(CC)C(=O)O. The number of carbonyl (C=O) groups is 2. The van der Waals surface area contributed by atoms with E-state index >= 15 is 0 Å². The molecule has 6 nitrogen and oxygen atoms in total. The first-order valence-corrected chi connectivity index (χ1v) is 6.90. The molecule has 1 rings (SSSR count). The van der Waals surface area contributed by atoms with Gasteiger partial charge in [-0.1, -0.05) is 18.5 Å². The van der Waals surface area contributed by atoms with Crippen LogP contribution in [-0.4, -0.2) is 29.1 Å². The lowest BCUT2D eigenvalue weighted by Crippen LogP contribution is -2.51. The van der Waals surface area contributed by atoms with Gasteiger partial charge in [-0.2, -0.15) is 0 Å². The number of carbonyl (C=O) groups excluding carboxylic acids is 1. The molecule has 4 N–H and O–H groups in total. The normalized spacial score (nSPS) is 13.3. The average molecular weight is 315 g/mol. The molecule has 1 unspecified atom stereocenters. The van der Waals surface area contributed by atoms with Gasteiger partial charge in [-0.3, -0.25) is 4.79 Å². The maximum Gasteiger partial charge on any atom is 0.329 e. The van der Waals surface area contributed by atoms with Gasteiger partial charge >= 0.3 is 5.97 Å². The summed E-state index contributed by atoms with van der Waals surface area (Å²) in [5, 5.41) is 11.9. The third kappa shape index (κ3) is 3.78. The Morgan fingerprint density at radius 2 is 2.05 bits per heavy atom. The number of amides is 1. The molecule has 0 aromatic heterocycles. The van der Waals surface area contributed by atoms with Crippen LogP contribution in [0.15, 0.2) is 12.1 Å². The second-order valence-electron chi connectivity index (χ2n) is 4.75. The van der Waals surface area contributed by atoms with E-state index in [4.69, 9.17) is 22.1 Å². The minimum atomic E-state index is -1.37. The monoisotopic (exact) mass is 314 g/mol. The summed E-state index contributed by atoms with van der Waals surface area (Å²) in [5.74, 6) is -1.43. The Morgan fingerprint density at radius 1 is 1.43 bits per heavy atom. The van der Waals surface area contributed by atoms with Crippen LogP contribution < -0.4 is 15.8 Å². The largest absolute Gasteiger partial charge is 0.493 e. The van der Waals surface area contributed by atoms with Gasteiger partial charge in [0.15, 0.2) is 0 Å². The molecule has 0 aliphatic rings. The zero-order valence-electron chi connectivity index (χ0n) is 12.2. The number of ether oxygens (including phenoxy) is 1. The summed E-state index contributed by atoms with van der Waals surface area (Å²) in [5.41, 5.74) is 4.75. The molecule has 7 heteroatoms. The van der Waals surface area contributed by atoms with Crippen LogP contribution in [-0.2, 0) is 4.79 Å². The Bertz CT molecular complexity index is 562. The van der Waals surface area contributed by atoms with Crippen LogP contribution in [0.1, 0.15) is 37.6 Å². The molecular weight excluding hydrogens is 296 g/mol. The van der Waals surface area contributed by atoms with E-state index in [0.717, 1.165) is 0 Å². The Morgan fingerprint density at radius 3 is 2.52 bits per heavy atom. The van der Waals surface area contributed by atoms with Gasteiger partial charge in [-0.25, -0.2) is 4.79 Å². The van der Waals surface area contributed by atoms with E-state index in [2.05, 4.69) is 5.32 Å². The zero-order valence-corrected chi connectivity index (χ0v) is 13.0. The fourth-order valence-corrected chi connectivity index (χ4v) is 1.80. The molecule has 1 aromatic carbocycles. The number of carboxylic acid groups (broad SMARTS) is 1. The van der Waals surface area contributed by atoms with Crippen molar-refractivity contribution in [3.8, 4) is 5.75 Å². The van der Waals surface area contributed by atoms with Gasteiger partial charge in [0, 0.05) is 6.07 Å². The molecule has 1 amide bonds. The predicted molar refractivity (Wildman–Crippen MR) is 80.8 cm³/mol. The summed E-state index contributed by atoms with van der Waals surface area (Å²) >= 11 is 5.92. The lowest BCUT2D eigenvalue weighted by atomic mass is 9.98. The molecule has 0 heterocycles. The van der Waals surface area contributed by atoms with Gasteiger partial charge in [0.1, 0.15) is 11.3 Å². The first-order valence-electron chi connectivity index (χ1n) is 6.52. The van der Waals surface area contributed by atoms with E-state index in [1.165, 1.54) is 19.1 Å². The summed E-state index contributed by atoms with van der Waals surface area (Å²) in [6.07, 6.45) is 0.237. The number of nitrogen functional groups attached to an aromatic ring is 1. The number of anilines is 1. The smallest absolute Gasteiger partial charge is 0.329 e. The predicted octanol–water partition coefficient (Wildman–Crippen LogP) is 2.30. The molecule has 0 radical (unpaired) electrons.